The molecule has 106 valence electrons. The highest BCUT2D eigenvalue weighted by atomic mass is 17.1. The molecule has 6 nitrogen and oxygen atoms in total. The lowest BCUT2D eigenvalue weighted by molar-refractivity contribution is -0.250. The second kappa shape index (κ2) is 6.36. The third-order valence-corrected chi connectivity index (χ3v) is 3.25. The van der Waals surface area contributed by atoms with Gasteiger partial charge in [0.25, 0.3) is 0 Å². The Bertz CT molecular complexity index is 276. The van der Waals surface area contributed by atoms with Gasteiger partial charge in [0.15, 0.2) is 0 Å². The van der Waals surface area contributed by atoms with Gasteiger partial charge in [0, 0.05) is 0 Å². The van der Waals surface area contributed by atoms with E-state index in [1.807, 2.05) is 20.8 Å². The Balaban J connectivity index is 2.46. The van der Waals surface area contributed by atoms with Crippen molar-refractivity contribution in [1.29, 1.82) is 0 Å². The minimum absolute atomic E-state index is 0.00811. The third kappa shape index (κ3) is 4.44. The molecule has 1 saturated carbocycles. The molecule has 0 spiro atoms. The number of carbonyl (C=O) groups is 1. The Hall–Kier alpha value is -0.850. The first kappa shape index (κ1) is 15.2. The predicted molar refractivity (Wildman–Crippen MR) is 65.1 cm³/mol. The molecule has 1 amide bonds. The second-order valence-corrected chi connectivity index (χ2v) is 5.80. The van der Waals surface area contributed by atoms with E-state index in [9.17, 15) is 9.90 Å². The molecule has 6 heteroatoms. The van der Waals surface area contributed by atoms with E-state index in [1.165, 1.54) is 0 Å². The summed E-state index contributed by atoms with van der Waals surface area (Å²) in [7, 11) is 0. The van der Waals surface area contributed by atoms with E-state index in [0.29, 0.717) is 12.8 Å². The fourth-order valence-electron chi connectivity index (χ4n) is 1.94. The highest BCUT2D eigenvalue weighted by molar-refractivity contribution is 5.68. The van der Waals surface area contributed by atoms with Crippen molar-refractivity contribution in [2.24, 2.45) is 5.41 Å². The van der Waals surface area contributed by atoms with Gasteiger partial charge in [-0.25, -0.2) is 9.68 Å². The standard InChI is InChI=1S/C12H23NO5/c1-12(2,3)10(7-17-16)13-11(15)18-9-6-4-5-8(9)14/h8-10,14,16H,4-7H2,1-3H3,(H,13,15)/t8-,9-,10-/m1/s1. The number of aliphatic hydroxyl groups is 1. The average Bonchev–Trinajstić information content (AvgIpc) is 2.62. The van der Waals surface area contributed by atoms with E-state index in [-0.39, 0.29) is 18.1 Å². The number of amides is 1. The van der Waals surface area contributed by atoms with Crippen molar-refractivity contribution in [2.75, 3.05) is 6.61 Å². The molecule has 1 rings (SSSR count). The zero-order valence-corrected chi connectivity index (χ0v) is 11.2. The highest BCUT2D eigenvalue weighted by Gasteiger charge is 2.31. The molecular formula is C12H23NO5. The SMILES string of the molecule is CC(C)(C)[C@@H](COO)NC(=O)O[C@@H]1CCC[C@H]1O. The molecule has 0 aromatic rings. The van der Waals surface area contributed by atoms with Gasteiger partial charge in [-0.15, -0.1) is 0 Å². The first-order valence-electron chi connectivity index (χ1n) is 6.26. The zero-order chi connectivity index (χ0) is 13.8. The molecule has 0 radical (unpaired) electrons. The maximum atomic E-state index is 11.7. The number of alkyl carbamates (subject to hydrolysis) is 1. The van der Waals surface area contributed by atoms with Crippen molar-refractivity contribution in [3.8, 4) is 0 Å². The van der Waals surface area contributed by atoms with Crippen LogP contribution < -0.4 is 5.32 Å². The topological polar surface area (TPSA) is 88.0 Å². The lowest BCUT2D eigenvalue weighted by Crippen LogP contribution is -2.48. The summed E-state index contributed by atoms with van der Waals surface area (Å²) in [5.41, 5.74) is -0.268. The minimum atomic E-state index is -0.585. The maximum absolute atomic E-state index is 11.7. The second-order valence-electron chi connectivity index (χ2n) is 5.80. The summed E-state index contributed by atoms with van der Waals surface area (Å²) in [4.78, 5) is 15.8. The van der Waals surface area contributed by atoms with Crippen LogP contribution >= 0.6 is 0 Å². The molecule has 0 heterocycles. The molecule has 1 aliphatic carbocycles. The maximum Gasteiger partial charge on any atom is 0.407 e. The Morgan fingerprint density at radius 2 is 2.11 bits per heavy atom. The normalized spacial score (nSPS) is 25.8. The molecule has 1 aliphatic rings. The van der Waals surface area contributed by atoms with Crippen LogP contribution in [0.5, 0.6) is 0 Å². The summed E-state index contributed by atoms with van der Waals surface area (Å²) < 4.78 is 5.16. The van der Waals surface area contributed by atoms with E-state index in [1.54, 1.807) is 0 Å². The number of ether oxygens (including phenoxy) is 1. The summed E-state index contributed by atoms with van der Waals surface area (Å²) in [6.07, 6.45) is 0.629. The van der Waals surface area contributed by atoms with Crippen LogP contribution in [-0.4, -0.2) is 41.3 Å². The van der Waals surface area contributed by atoms with Crippen molar-refractivity contribution in [1.82, 2.24) is 5.32 Å². The molecule has 0 aliphatic heterocycles. The van der Waals surface area contributed by atoms with E-state index in [4.69, 9.17) is 9.99 Å². The molecule has 0 saturated heterocycles. The van der Waals surface area contributed by atoms with Crippen LogP contribution in [0.1, 0.15) is 40.0 Å². The van der Waals surface area contributed by atoms with Crippen LogP contribution in [0.4, 0.5) is 4.79 Å². The van der Waals surface area contributed by atoms with Gasteiger partial charge in [-0.1, -0.05) is 20.8 Å². The lowest BCUT2D eigenvalue weighted by Gasteiger charge is -2.30. The molecule has 0 bridgehead atoms. The quantitative estimate of drug-likeness (QED) is 0.527. The van der Waals surface area contributed by atoms with Gasteiger partial charge in [0.05, 0.1) is 12.1 Å². The van der Waals surface area contributed by atoms with Gasteiger partial charge >= 0.3 is 6.09 Å². The van der Waals surface area contributed by atoms with E-state index < -0.39 is 18.3 Å². The molecule has 3 N–H and O–H groups in total. The first-order valence-corrected chi connectivity index (χ1v) is 6.26. The Labute approximate surface area is 107 Å². The molecule has 0 unspecified atom stereocenters. The fourth-order valence-corrected chi connectivity index (χ4v) is 1.94. The summed E-state index contributed by atoms with van der Waals surface area (Å²) in [6, 6.07) is -0.367. The lowest BCUT2D eigenvalue weighted by atomic mass is 9.87. The smallest absolute Gasteiger partial charge is 0.407 e. The Morgan fingerprint density at radius 3 is 2.56 bits per heavy atom. The third-order valence-electron chi connectivity index (χ3n) is 3.25. The molecule has 1 fully saturated rings. The zero-order valence-electron chi connectivity index (χ0n) is 11.2. The Morgan fingerprint density at radius 1 is 1.44 bits per heavy atom. The van der Waals surface area contributed by atoms with E-state index in [0.717, 1.165) is 6.42 Å². The van der Waals surface area contributed by atoms with Crippen LogP contribution in [0.25, 0.3) is 0 Å². The highest BCUT2D eigenvalue weighted by Crippen LogP contribution is 2.23. The van der Waals surface area contributed by atoms with Crippen molar-refractivity contribution >= 4 is 6.09 Å². The minimum Gasteiger partial charge on any atom is -0.443 e. The fraction of sp³-hybridized carbons (Fsp3) is 0.917. The van der Waals surface area contributed by atoms with Crippen molar-refractivity contribution in [3.05, 3.63) is 0 Å². The number of nitrogens with one attached hydrogen (secondary N) is 1. The monoisotopic (exact) mass is 261 g/mol. The van der Waals surface area contributed by atoms with Crippen molar-refractivity contribution in [2.45, 2.75) is 58.3 Å². The van der Waals surface area contributed by atoms with Gasteiger partial charge in [0.1, 0.15) is 12.7 Å². The van der Waals surface area contributed by atoms with Gasteiger partial charge < -0.3 is 15.2 Å². The van der Waals surface area contributed by atoms with Crippen LogP contribution in [0.2, 0.25) is 0 Å². The number of hydrogen-bond donors (Lipinski definition) is 3. The van der Waals surface area contributed by atoms with Gasteiger partial charge in [-0.2, -0.15) is 0 Å². The average molecular weight is 261 g/mol. The largest absolute Gasteiger partial charge is 0.443 e. The predicted octanol–water partition coefficient (Wildman–Crippen LogP) is 1.53. The Kier molecular flexibility index (Phi) is 5.37. The number of hydrogen-bond acceptors (Lipinski definition) is 5. The van der Waals surface area contributed by atoms with Crippen LogP contribution in [0, 0.1) is 5.41 Å². The molecule has 0 aromatic heterocycles. The summed E-state index contributed by atoms with van der Waals surface area (Å²) in [6.45, 7) is 5.75. The van der Waals surface area contributed by atoms with Crippen LogP contribution in [-0.2, 0) is 9.62 Å². The van der Waals surface area contributed by atoms with Crippen LogP contribution in [0.15, 0.2) is 0 Å². The van der Waals surface area contributed by atoms with Crippen molar-refractivity contribution in [3.63, 3.8) is 0 Å². The number of aliphatic hydroxyl groups excluding tert-OH is 1. The van der Waals surface area contributed by atoms with Gasteiger partial charge in [0.2, 0.25) is 0 Å². The van der Waals surface area contributed by atoms with Crippen molar-refractivity contribution < 1.29 is 24.8 Å². The number of rotatable bonds is 4. The van der Waals surface area contributed by atoms with Gasteiger partial charge in [-0.3, -0.25) is 5.26 Å². The summed E-state index contributed by atoms with van der Waals surface area (Å²) in [5, 5.41) is 20.7. The molecule has 0 aromatic carbocycles. The molecule has 18 heavy (non-hydrogen) atoms. The van der Waals surface area contributed by atoms with E-state index in [2.05, 4.69) is 10.2 Å². The first-order chi connectivity index (χ1) is 8.34. The molecular weight excluding hydrogens is 238 g/mol. The molecule has 3 atom stereocenters. The van der Waals surface area contributed by atoms with Crippen LogP contribution in [0.3, 0.4) is 0 Å². The van der Waals surface area contributed by atoms with Gasteiger partial charge in [-0.05, 0) is 24.7 Å². The number of carbonyl (C=O) groups excluding carboxylic acids is 1. The summed E-state index contributed by atoms with van der Waals surface area (Å²) >= 11 is 0. The summed E-state index contributed by atoms with van der Waals surface area (Å²) in [5.74, 6) is 0. The van der Waals surface area contributed by atoms with E-state index >= 15 is 0 Å².